The number of hydrogen-bond acceptors (Lipinski definition) is 7. The van der Waals surface area contributed by atoms with Gasteiger partial charge in [0.15, 0.2) is 14.9 Å². The third kappa shape index (κ3) is 5.01. The van der Waals surface area contributed by atoms with Crippen molar-refractivity contribution in [1.29, 1.82) is 0 Å². The summed E-state index contributed by atoms with van der Waals surface area (Å²) < 4.78 is 49.2. The van der Waals surface area contributed by atoms with Crippen LogP contribution >= 0.6 is 0 Å². The van der Waals surface area contributed by atoms with Crippen LogP contribution in [0.1, 0.15) is 17.3 Å². The Hall–Kier alpha value is -3.15. The molecular formula is C21H22N4O5S2. The van der Waals surface area contributed by atoms with E-state index in [9.17, 15) is 21.6 Å². The van der Waals surface area contributed by atoms with Gasteiger partial charge in [-0.05, 0) is 48.5 Å². The number of carbonyl (C=O) groups is 1. The van der Waals surface area contributed by atoms with Gasteiger partial charge < -0.3 is 5.32 Å². The molecule has 0 radical (unpaired) electrons. The van der Waals surface area contributed by atoms with Crippen molar-refractivity contribution in [1.82, 2.24) is 14.5 Å². The lowest BCUT2D eigenvalue weighted by Gasteiger charge is -2.12. The molecule has 1 N–H and O–H groups in total. The van der Waals surface area contributed by atoms with Gasteiger partial charge >= 0.3 is 0 Å². The van der Waals surface area contributed by atoms with Crippen LogP contribution in [0.2, 0.25) is 0 Å². The van der Waals surface area contributed by atoms with E-state index in [-0.39, 0.29) is 15.7 Å². The van der Waals surface area contributed by atoms with Gasteiger partial charge in [-0.15, -0.1) is 10.2 Å². The molecule has 0 aliphatic rings. The van der Waals surface area contributed by atoms with E-state index in [2.05, 4.69) is 15.5 Å². The third-order valence-corrected chi connectivity index (χ3v) is 8.09. The van der Waals surface area contributed by atoms with Crippen molar-refractivity contribution in [3.63, 3.8) is 0 Å². The Kier molecular flexibility index (Phi) is 6.72. The van der Waals surface area contributed by atoms with Crippen LogP contribution in [-0.2, 0) is 19.9 Å². The van der Waals surface area contributed by atoms with E-state index < -0.39 is 25.8 Å². The number of rotatable bonds is 7. The van der Waals surface area contributed by atoms with Crippen LogP contribution in [0, 0.1) is 0 Å². The van der Waals surface area contributed by atoms with Crippen LogP contribution < -0.4 is 5.32 Å². The van der Waals surface area contributed by atoms with E-state index in [1.54, 1.807) is 30.3 Å². The largest absolute Gasteiger partial charge is 0.322 e. The van der Waals surface area contributed by atoms with E-state index in [0.29, 0.717) is 22.5 Å². The molecule has 9 nitrogen and oxygen atoms in total. The number of nitrogens with one attached hydrogen (secondary N) is 1. The first-order valence-corrected chi connectivity index (χ1v) is 12.6. The Morgan fingerprint density at radius 1 is 0.938 bits per heavy atom. The number of nitrogens with zero attached hydrogens (tertiary/aromatic N) is 3. The van der Waals surface area contributed by atoms with Crippen molar-refractivity contribution in [2.75, 3.05) is 25.2 Å². The quantitative estimate of drug-likeness (QED) is 0.557. The first-order valence-electron chi connectivity index (χ1n) is 9.55. The van der Waals surface area contributed by atoms with Gasteiger partial charge in [-0.3, -0.25) is 4.79 Å². The van der Waals surface area contributed by atoms with Crippen LogP contribution in [0.5, 0.6) is 0 Å². The van der Waals surface area contributed by atoms with Gasteiger partial charge in [0.2, 0.25) is 10.0 Å². The zero-order valence-electron chi connectivity index (χ0n) is 17.7. The number of hydrogen-bond donors (Lipinski definition) is 1. The highest BCUT2D eigenvalue weighted by Crippen LogP contribution is 2.22. The maximum absolute atomic E-state index is 12.6. The van der Waals surface area contributed by atoms with Gasteiger partial charge in [0.25, 0.3) is 5.91 Å². The average Bonchev–Trinajstić information content (AvgIpc) is 2.79. The summed E-state index contributed by atoms with van der Waals surface area (Å²) in [5.74, 6) is -0.476. The first-order chi connectivity index (χ1) is 15.0. The van der Waals surface area contributed by atoms with Crippen LogP contribution in [0.25, 0.3) is 11.3 Å². The fourth-order valence-electron chi connectivity index (χ4n) is 2.74. The predicted molar refractivity (Wildman–Crippen MR) is 120 cm³/mol. The Morgan fingerprint density at radius 2 is 1.62 bits per heavy atom. The maximum atomic E-state index is 12.6. The van der Waals surface area contributed by atoms with E-state index in [1.165, 1.54) is 51.4 Å². The van der Waals surface area contributed by atoms with E-state index in [0.717, 1.165) is 4.31 Å². The van der Waals surface area contributed by atoms with Crippen LogP contribution in [0.15, 0.2) is 70.6 Å². The topological polar surface area (TPSA) is 126 Å². The lowest BCUT2D eigenvalue weighted by Crippen LogP contribution is -2.22. The van der Waals surface area contributed by atoms with Crippen molar-refractivity contribution in [3.05, 3.63) is 66.2 Å². The molecule has 0 aliphatic heterocycles. The van der Waals surface area contributed by atoms with E-state index in [4.69, 9.17) is 0 Å². The minimum absolute atomic E-state index is 0.0649. The molecule has 1 heterocycles. The molecule has 0 atom stereocenters. The zero-order valence-corrected chi connectivity index (χ0v) is 19.3. The molecule has 0 bridgehead atoms. The molecule has 168 valence electrons. The SMILES string of the molecule is CCS(=O)(=O)c1ccc(-c2cccc(NC(=O)c3ccc(S(=O)(=O)N(C)C)cc3)c2)nn1. The van der Waals surface area contributed by atoms with Crippen LogP contribution in [0.3, 0.4) is 0 Å². The van der Waals surface area contributed by atoms with Crippen LogP contribution in [-0.4, -0.2) is 57.1 Å². The lowest BCUT2D eigenvalue weighted by molar-refractivity contribution is 0.102. The summed E-state index contributed by atoms with van der Waals surface area (Å²) in [6, 6.07) is 15.4. The van der Waals surface area contributed by atoms with Gasteiger partial charge in [-0.1, -0.05) is 19.1 Å². The normalized spacial score (nSPS) is 12.0. The maximum Gasteiger partial charge on any atom is 0.255 e. The summed E-state index contributed by atoms with van der Waals surface area (Å²) in [4.78, 5) is 12.7. The number of sulfonamides is 1. The summed E-state index contributed by atoms with van der Waals surface area (Å²) in [6.45, 7) is 1.53. The first kappa shape index (κ1) is 23.5. The Balaban J connectivity index is 1.78. The molecule has 0 spiro atoms. The van der Waals surface area contributed by atoms with Gasteiger partial charge in [0.05, 0.1) is 16.3 Å². The summed E-state index contributed by atoms with van der Waals surface area (Å²) in [5.41, 5.74) is 1.88. The standard InChI is InChI=1S/C21H22N4O5S2/c1-4-31(27,28)20-13-12-19(23-24-20)16-6-5-7-17(14-16)22-21(26)15-8-10-18(11-9-15)32(29,30)25(2)3/h5-14H,4H2,1-3H3,(H,22,26). The van der Waals surface area contributed by atoms with Crippen molar-refractivity contribution >= 4 is 31.5 Å². The molecule has 3 rings (SSSR count). The highest BCUT2D eigenvalue weighted by Gasteiger charge is 2.18. The average molecular weight is 475 g/mol. The highest BCUT2D eigenvalue weighted by molar-refractivity contribution is 7.91. The molecule has 0 saturated carbocycles. The molecule has 0 saturated heterocycles. The molecule has 3 aromatic rings. The van der Waals surface area contributed by atoms with E-state index in [1.807, 2.05) is 0 Å². The van der Waals surface area contributed by atoms with Gasteiger partial charge in [-0.25, -0.2) is 21.1 Å². The minimum atomic E-state index is -3.58. The fraction of sp³-hybridized carbons (Fsp3) is 0.190. The summed E-state index contributed by atoms with van der Waals surface area (Å²) in [6.07, 6.45) is 0. The number of sulfone groups is 1. The molecule has 32 heavy (non-hydrogen) atoms. The molecule has 11 heteroatoms. The van der Waals surface area contributed by atoms with Crippen molar-refractivity contribution in [2.45, 2.75) is 16.8 Å². The molecular weight excluding hydrogens is 452 g/mol. The van der Waals surface area contributed by atoms with Gasteiger partial charge in [0, 0.05) is 30.9 Å². The summed E-state index contributed by atoms with van der Waals surface area (Å²) in [5, 5.41) is 10.4. The number of amides is 1. The Bertz CT molecular complexity index is 1340. The molecule has 0 fully saturated rings. The Labute approximate surface area is 187 Å². The number of benzene rings is 2. The highest BCUT2D eigenvalue weighted by atomic mass is 32.2. The smallest absolute Gasteiger partial charge is 0.255 e. The number of carbonyl (C=O) groups excluding carboxylic acids is 1. The number of anilines is 1. The molecule has 1 amide bonds. The molecule has 0 unspecified atom stereocenters. The Morgan fingerprint density at radius 3 is 2.19 bits per heavy atom. The third-order valence-electron chi connectivity index (χ3n) is 4.65. The van der Waals surface area contributed by atoms with Crippen molar-refractivity contribution in [2.24, 2.45) is 0 Å². The monoisotopic (exact) mass is 474 g/mol. The molecule has 1 aromatic heterocycles. The van der Waals surface area contributed by atoms with Gasteiger partial charge in [0.1, 0.15) is 0 Å². The van der Waals surface area contributed by atoms with Gasteiger partial charge in [-0.2, -0.15) is 0 Å². The summed E-state index contributed by atoms with van der Waals surface area (Å²) in [7, 11) is -4.15. The van der Waals surface area contributed by atoms with Crippen molar-refractivity contribution in [3.8, 4) is 11.3 Å². The fourth-order valence-corrected chi connectivity index (χ4v) is 4.37. The second-order valence-electron chi connectivity index (χ2n) is 7.01. The number of aromatic nitrogens is 2. The molecule has 2 aromatic carbocycles. The second-order valence-corrected chi connectivity index (χ2v) is 11.4. The van der Waals surface area contributed by atoms with E-state index >= 15 is 0 Å². The lowest BCUT2D eigenvalue weighted by atomic mass is 10.1. The van der Waals surface area contributed by atoms with Crippen molar-refractivity contribution < 1.29 is 21.6 Å². The zero-order chi connectivity index (χ0) is 23.5. The molecule has 0 aliphatic carbocycles. The van der Waals surface area contributed by atoms with Crippen LogP contribution in [0.4, 0.5) is 5.69 Å². The predicted octanol–water partition coefficient (Wildman–Crippen LogP) is 2.44. The summed E-state index contributed by atoms with van der Waals surface area (Å²) >= 11 is 0. The minimum Gasteiger partial charge on any atom is -0.322 e. The second kappa shape index (κ2) is 9.15.